The van der Waals surface area contributed by atoms with Crippen molar-refractivity contribution in [3.8, 4) is 11.4 Å². The number of hydrogen-bond donors (Lipinski definition) is 1. The Hall–Kier alpha value is -2.05. The lowest BCUT2D eigenvalue weighted by atomic mass is 10.2. The average molecular weight is 242 g/mol. The Morgan fingerprint density at radius 2 is 2.00 bits per heavy atom. The van der Waals surface area contributed by atoms with Gasteiger partial charge in [-0.1, -0.05) is 0 Å². The second-order valence-corrected chi connectivity index (χ2v) is 3.51. The number of alkyl halides is 3. The normalized spacial score (nSPS) is 11.8. The van der Waals surface area contributed by atoms with Gasteiger partial charge in [0.15, 0.2) is 5.69 Å². The fraction of sp³-hybridized carbons (Fsp3) is 0.200. The van der Waals surface area contributed by atoms with Crippen LogP contribution in [0.2, 0.25) is 0 Å². The average Bonchev–Trinajstić information content (AvgIpc) is 2.61. The van der Waals surface area contributed by atoms with E-state index in [1.165, 1.54) is 13.2 Å². The molecule has 7 heteroatoms. The molecule has 0 unspecified atom stereocenters. The van der Waals surface area contributed by atoms with Gasteiger partial charge in [0.25, 0.3) is 0 Å². The smallest absolute Gasteiger partial charge is 0.397 e. The van der Waals surface area contributed by atoms with E-state index < -0.39 is 11.9 Å². The van der Waals surface area contributed by atoms with Crippen LogP contribution in [-0.2, 0) is 13.2 Å². The first-order valence-corrected chi connectivity index (χ1v) is 4.71. The van der Waals surface area contributed by atoms with Gasteiger partial charge in [0.1, 0.15) is 0 Å². The van der Waals surface area contributed by atoms with Gasteiger partial charge >= 0.3 is 6.18 Å². The monoisotopic (exact) mass is 242 g/mol. The summed E-state index contributed by atoms with van der Waals surface area (Å²) in [4.78, 5) is 3.95. The van der Waals surface area contributed by atoms with Crippen LogP contribution in [0.1, 0.15) is 5.69 Å². The molecule has 0 atom stereocenters. The first-order valence-electron chi connectivity index (χ1n) is 4.71. The molecule has 0 aliphatic rings. The molecule has 90 valence electrons. The van der Waals surface area contributed by atoms with E-state index in [-0.39, 0.29) is 5.69 Å². The third-order valence-electron chi connectivity index (χ3n) is 2.22. The van der Waals surface area contributed by atoms with Crippen LogP contribution in [0.4, 0.5) is 18.9 Å². The van der Waals surface area contributed by atoms with Crippen LogP contribution in [-0.4, -0.2) is 14.8 Å². The Bertz CT molecular complexity index is 527. The van der Waals surface area contributed by atoms with E-state index in [0.29, 0.717) is 11.4 Å². The van der Waals surface area contributed by atoms with Crippen LogP contribution in [0.25, 0.3) is 11.4 Å². The fourth-order valence-corrected chi connectivity index (χ4v) is 1.40. The third kappa shape index (κ3) is 2.22. The van der Waals surface area contributed by atoms with Crippen molar-refractivity contribution in [2.24, 2.45) is 7.05 Å². The molecule has 4 nitrogen and oxygen atoms in total. The lowest BCUT2D eigenvalue weighted by Gasteiger charge is -2.00. The Balaban J connectivity index is 2.46. The zero-order valence-electron chi connectivity index (χ0n) is 8.86. The number of hydrogen-bond acceptors (Lipinski definition) is 3. The molecule has 0 aliphatic heterocycles. The molecule has 0 saturated carbocycles. The summed E-state index contributed by atoms with van der Waals surface area (Å²) in [5.41, 5.74) is 5.65. The maximum atomic E-state index is 12.4. The van der Waals surface area contributed by atoms with Crippen molar-refractivity contribution in [2.75, 3.05) is 5.73 Å². The Labute approximate surface area is 94.9 Å². The number of nitrogens with zero attached hydrogens (tertiary/aromatic N) is 3. The Morgan fingerprint density at radius 1 is 1.29 bits per heavy atom. The van der Waals surface area contributed by atoms with Crippen LogP contribution in [0.3, 0.4) is 0 Å². The summed E-state index contributed by atoms with van der Waals surface area (Å²) in [7, 11) is 1.43. The SMILES string of the molecule is Cn1nc(C(F)(F)F)cc1-c1ccc(N)cn1. The van der Waals surface area contributed by atoms with Gasteiger partial charge in [0.2, 0.25) is 0 Å². The van der Waals surface area contributed by atoms with Gasteiger partial charge in [-0.3, -0.25) is 9.67 Å². The molecule has 2 rings (SSSR count). The van der Waals surface area contributed by atoms with Gasteiger partial charge in [-0.25, -0.2) is 0 Å². The number of anilines is 1. The van der Waals surface area contributed by atoms with E-state index in [0.717, 1.165) is 10.7 Å². The molecule has 0 aliphatic carbocycles. The predicted molar refractivity (Wildman–Crippen MR) is 55.9 cm³/mol. The fourth-order valence-electron chi connectivity index (χ4n) is 1.40. The number of nitrogen functional groups attached to an aromatic ring is 1. The molecule has 0 aromatic carbocycles. The van der Waals surface area contributed by atoms with E-state index in [1.807, 2.05) is 0 Å². The highest BCUT2D eigenvalue weighted by Crippen LogP contribution is 2.30. The number of aromatic nitrogens is 3. The summed E-state index contributed by atoms with van der Waals surface area (Å²) in [6.07, 6.45) is -3.07. The summed E-state index contributed by atoms with van der Waals surface area (Å²) in [5.74, 6) is 0. The van der Waals surface area contributed by atoms with Crippen LogP contribution in [0, 0.1) is 0 Å². The molecule has 0 amide bonds. The number of pyridine rings is 1. The van der Waals surface area contributed by atoms with Gasteiger partial charge in [-0.05, 0) is 18.2 Å². The maximum Gasteiger partial charge on any atom is 0.435 e. The molecule has 0 spiro atoms. The summed E-state index contributed by atoms with van der Waals surface area (Å²) in [5, 5.41) is 3.40. The van der Waals surface area contributed by atoms with Crippen molar-refractivity contribution in [2.45, 2.75) is 6.18 Å². The van der Waals surface area contributed by atoms with E-state index in [9.17, 15) is 13.2 Å². The van der Waals surface area contributed by atoms with Crippen molar-refractivity contribution in [1.29, 1.82) is 0 Å². The van der Waals surface area contributed by atoms with E-state index in [2.05, 4.69) is 10.1 Å². The molecule has 0 radical (unpaired) electrons. The zero-order valence-corrected chi connectivity index (χ0v) is 8.86. The highest BCUT2D eigenvalue weighted by molar-refractivity contribution is 5.57. The minimum atomic E-state index is -4.45. The van der Waals surface area contributed by atoms with Gasteiger partial charge in [-0.15, -0.1) is 0 Å². The minimum Gasteiger partial charge on any atom is -0.397 e. The third-order valence-corrected chi connectivity index (χ3v) is 2.22. The summed E-state index contributed by atoms with van der Waals surface area (Å²) in [6, 6.07) is 4.08. The first kappa shape index (κ1) is 11.4. The van der Waals surface area contributed by atoms with Crippen molar-refractivity contribution >= 4 is 5.69 Å². The van der Waals surface area contributed by atoms with Crippen molar-refractivity contribution < 1.29 is 13.2 Å². The quantitative estimate of drug-likeness (QED) is 0.832. The lowest BCUT2D eigenvalue weighted by molar-refractivity contribution is -0.141. The Morgan fingerprint density at radius 3 is 2.47 bits per heavy atom. The lowest BCUT2D eigenvalue weighted by Crippen LogP contribution is -2.06. The summed E-state index contributed by atoms with van der Waals surface area (Å²) in [6.45, 7) is 0. The zero-order chi connectivity index (χ0) is 12.6. The molecular weight excluding hydrogens is 233 g/mol. The number of rotatable bonds is 1. The summed E-state index contributed by atoms with van der Waals surface area (Å²) >= 11 is 0. The van der Waals surface area contributed by atoms with Crippen molar-refractivity contribution in [3.05, 3.63) is 30.1 Å². The second-order valence-electron chi connectivity index (χ2n) is 3.51. The number of halogens is 3. The molecule has 0 fully saturated rings. The molecule has 0 saturated heterocycles. The minimum absolute atomic E-state index is 0.289. The van der Waals surface area contributed by atoms with Crippen molar-refractivity contribution in [3.63, 3.8) is 0 Å². The largest absolute Gasteiger partial charge is 0.435 e. The highest BCUT2D eigenvalue weighted by Gasteiger charge is 2.34. The van der Waals surface area contributed by atoms with Crippen LogP contribution < -0.4 is 5.73 Å². The number of nitrogens with two attached hydrogens (primary N) is 1. The van der Waals surface area contributed by atoms with Crippen LogP contribution in [0.15, 0.2) is 24.4 Å². The predicted octanol–water partition coefficient (Wildman–Crippen LogP) is 2.08. The molecule has 2 aromatic heterocycles. The van der Waals surface area contributed by atoms with Gasteiger partial charge < -0.3 is 5.73 Å². The molecule has 2 N–H and O–H groups in total. The van der Waals surface area contributed by atoms with E-state index in [4.69, 9.17) is 5.73 Å². The van der Waals surface area contributed by atoms with Gasteiger partial charge in [0.05, 0.1) is 23.3 Å². The molecule has 2 heterocycles. The molecule has 2 aromatic rings. The van der Waals surface area contributed by atoms with Crippen LogP contribution >= 0.6 is 0 Å². The first-order chi connectivity index (χ1) is 7.88. The topological polar surface area (TPSA) is 56.7 Å². The Kier molecular flexibility index (Phi) is 2.53. The molecule has 0 bridgehead atoms. The van der Waals surface area contributed by atoms with Crippen molar-refractivity contribution in [1.82, 2.24) is 14.8 Å². The van der Waals surface area contributed by atoms with Gasteiger partial charge in [0, 0.05) is 7.05 Å². The van der Waals surface area contributed by atoms with Crippen LogP contribution in [0.5, 0.6) is 0 Å². The maximum absolute atomic E-state index is 12.4. The standard InChI is InChI=1S/C10H9F3N4/c1-17-8(4-9(16-17)10(11,12)13)7-3-2-6(14)5-15-7/h2-5H,14H2,1H3. The molecular formula is C10H9F3N4. The van der Waals surface area contributed by atoms with E-state index in [1.54, 1.807) is 12.1 Å². The second kappa shape index (κ2) is 3.76. The van der Waals surface area contributed by atoms with Gasteiger partial charge in [-0.2, -0.15) is 18.3 Å². The number of aryl methyl sites for hydroxylation is 1. The highest BCUT2D eigenvalue weighted by atomic mass is 19.4. The summed E-state index contributed by atoms with van der Waals surface area (Å²) < 4.78 is 38.5. The molecule has 17 heavy (non-hydrogen) atoms. The van der Waals surface area contributed by atoms with E-state index >= 15 is 0 Å².